The zero-order valence-electron chi connectivity index (χ0n) is 25.6. The molecule has 0 unspecified atom stereocenters. The lowest BCUT2D eigenvalue weighted by atomic mass is 9.72. The number of phenols is 3. The third kappa shape index (κ3) is 3.73. The van der Waals surface area contributed by atoms with Crippen LogP contribution in [0.2, 0.25) is 0 Å². The second-order valence-corrected chi connectivity index (χ2v) is 12.4. The van der Waals surface area contributed by atoms with Crippen LogP contribution in [-0.4, -0.2) is 57.8 Å². The second kappa shape index (κ2) is 9.76. The number of methoxy groups -OCH3 is 1. The van der Waals surface area contributed by atoms with E-state index >= 15 is 0 Å². The molecule has 5 atom stereocenters. The molecule has 0 saturated heterocycles. The maximum atomic E-state index is 14.6. The molecule has 7 rings (SSSR count). The lowest BCUT2D eigenvalue weighted by Gasteiger charge is -2.39. The van der Waals surface area contributed by atoms with Gasteiger partial charge in [0, 0.05) is 41.2 Å². The summed E-state index contributed by atoms with van der Waals surface area (Å²) in [6.07, 6.45) is -0.984. The van der Waals surface area contributed by atoms with Gasteiger partial charge >= 0.3 is 11.9 Å². The van der Waals surface area contributed by atoms with E-state index < -0.39 is 87.5 Å². The lowest BCUT2D eigenvalue weighted by molar-refractivity contribution is -0.154. The normalized spacial score (nSPS) is 27.1. The van der Waals surface area contributed by atoms with Crippen molar-refractivity contribution >= 4 is 35.4 Å². The Bertz CT molecular complexity index is 1930. The summed E-state index contributed by atoms with van der Waals surface area (Å²) in [7, 11) is 1.25. The van der Waals surface area contributed by atoms with Gasteiger partial charge in [0.25, 0.3) is 0 Å². The molecular formula is C34H30O12. The molecule has 3 aliphatic carbocycles. The first-order chi connectivity index (χ1) is 21.7. The first-order valence-electron chi connectivity index (χ1n) is 14.9. The summed E-state index contributed by atoms with van der Waals surface area (Å²) in [6, 6.07) is 1.56. The Kier molecular flexibility index (Phi) is 6.31. The van der Waals surface area contributed by atoms with E-state index in [0.717, 1.165) is 6.92 Å². The van der Waals surface area contributed by atoms with Crippen molar-refractivity contribution in [1.82, 2.24) is 0 Å². The van der Waals surface area contributed by atoms with Crippen LogP contribution in [0.4, 0.5) is 0 Å². The Labute approximate surface area is 262 Å². The summed E-state index contributed by atoms with van der Waals surface area (Å²) in [5, 5.41) is 34.5. The van der Waals surface area contributed by atoms with E-state index in [-0.39, 0.29) is 52.7 Å². The molecule has 238 valence electrons. The number of carbonyl (C=O) groups excluding carboxylic acids is 5. The Morgan fingerprint density at radius 1 is 0.978 bits per heavy atom. The van der Waals surface area contributed by atoms with Crippen LogP contribution < -0.4 is 0 Å². The van der Waals surface area contributed by atoms with Gasteiger partial charge < -0.3 is 34.3 Å². The number of rotatable bonds is 3. The van der Waals surface area contributed by atoms with Crippen LogP contribution in [0.15, 0.2) is 23.0 Å². The van der Waals surface area contributed by atoms with Crippen molar-refractivity contribution in [3.63, 3.8) is 0 Å². The second-order valence-electron chi connectivity index (χ2n) is 12.4. The number of benzene rings is 2. The molecule has 12 heteroatoms. The van der Waals surface area contributed by atoms with E-state index in [4.69, 9.17) is 18.9 Å². The fraction of sp³-hybridized carbons (Fsp3) is 0.382. The Morgan fingerprint density at radius 3 is 2.33 bits per heavy atom. The van der Waals surface area contributed by atoms with Gasteiger partial charge in [0.2, 0.25) is 0 Å². The maximum Gasteiger partial charge on any atom is 0.308 e. The molecule has 3 N–H and O–H groups in total. The van der Waals surface area contributed by atoms with Gasteiger partial charge in [0.15, 0.2) is 23.0 Å². The third-order valence-corrected chi connectivity index (χ3v) is 9.69. The van der Waals surface area contributed by atoms with E-state index in [1.807, 2.05) is 0 Å². The van der Waals surface area contributed by atoms with Gasteiger partial charge in [-0.2, -0.15) is 0 Å². The highest BCUT2D eigenvalue weighted by molar-refractivity contribution is 6.33. The Hall–Kier alpha value is -4.97. The predicted octanol–water partition coefficient (Wildman–Crippen LogP) is 4.17. The van der Waals surface area contributed by atoms with E-state index in [0.29, 0.717) is 16.9 Å². The van der Waals surface area contributed by atoms with Gasteiger partial charge in [-0.3, -0.25) is 24.0 Å². The summed E-state index contributed by atoms with van der Waals surface area (Å²) < 4.78 is 22.4. The zero-order valence-corrected chi connectivity index (χ0v) is 25.6. The van der Waals surface area contributed by atoms with E-state index in [1.165, 1.54) is 13.2 Å². The summed E-state index contributed by atoms with van der Waals surface area (Å²) in [5.74, 6) is -6.23. The van der Waals surface area contributed by atoms with Crippen molar-refractivity contribution in [1.29, 1.82) is 0 Å². The van der Waals surface area contributed by atoms with Gasteiger partial charge in [0.1, 0.15) is 23.4 Å². The molecule has 2 bridgehead atoms. The molecule has 2 aromatic rings. The molecule has 0 aromatic heterocycles. The van der Waals surface area contributed by atoms with Crippen molar-refractivity contribution in [2.75, 3.05) is 7.11 Å². The standard InChI is InChI=1S/C34H30O12/c1-11-6-17-22(13(3)44-11)31(40)26-25(28(17)37)33(42)27-23(32(26)41)18-10-34(27,46-14(4)35)19-8-15-7-16(9-20(36)43-5)45-12(2)21(15)30(39)24(19)29(18)38/h6,8,12-13,16,18,37,39-40H,7,9-10H2,1-5H3/t12-,13-,16+,18-,34+/m0/s1. The van der Waals surface area contributed by atoms with E-state index in [1.54, 1.807) is 26.8 Å². The molecule has 5 aliphatic rings. The number of ketones is 3. The predicted molar refractivity (Wildman–Crippen MR) is 156 cm³/mol. The van der Waals surface area contributed by atoms with Crippen LogP contribution >= 0.6 is 0 Å². The monoisotopic (exact) mass is 630 g/mol. The molecule has 0 fully saturated rings. The number of hydrogen-bond acceptors (Lipinski definition) is 12. The molecule has 12 nitrogen and oxygen atoms in total. The Morgan fingerprint density at radius 2 is 1.65 bits per heavy atom. The van der Waals surface area contributed by atoms with Gasteiger partial charge in [0.05, 0.1) is 59.7 Å². The number of fused-ring (bicyclic) bond motifs is 9. The highest BCUT2D eigenvalue weighted by Crippen LogP contribution is 2.62. The first kappa shape index (κ1) is 29.7. The molecule has 0 saturated carbocycles. The summed E-state index contributed by atoms with van der Waals surface area (Å²) in [4.78, 5) is 67.9. The minimum Gasteiger partial charge on any atom is -0.507 e. The first-order valence-corrected chi connectivity index (χ1v) is 14.9. The van der Waals surface area contributed by atoms with Gasteiger partial charge in [-0.05, 0) is 44.9 Å². The summed E-state index contributed by atoms with van der Waals surface area (Å²) in [5.41, 5.74) is -2.70. The van der Waals surface area contributed by atoms with Crippen molar-refractivity contribution in [3.8, 4) is 17.2 Å². The number of carbonyl (C=O) groups is 5. The highest BCUT2D eigenvalue weighted by atomic mass is 16.6. The number of esters is 2. The smallest absolute Gasteiger partial charge is 0.308 e. The van der Waals surface area contributed by atoms with Crippen molar-refractivity contribution in [3.05, 3.63) is 67.5 Å². The zero-order chi connectivity index (χ0) is 33.1. The average Bonchev–Trinajstić information content (AvgIpc) is 3.28. The lowest BCUT2D eigenvalue weighted by Crippen LogP contribution is -2.41. The molecular weight excluding hydrogens is 600 g/mol. The quantitative estimate of drug-likeness (QED) is 0.326. The van der Waals surface area contributed by atoms with Crippen molar-refractivity contribution in [2.45, 2.75) is 70.9 Å². The van der Waals surface area contributed by atoms with E-state index in [2.05, 4.69) is 0 Å². The minimum atomic E-state index is -1.98. The topological polar surface area (TPSA) is 183 Å². The number of hydrogen-bond donors (Lipinski definition) is 3. The fourth-order valence-corrected chi connectivity index (χ4v) is 8.06. The van der Waals surface area contributed by atoms with Crippen LogP contribution in [0.1, 0.15) is 112 Å². The van der Waals surface area contributed by atoms with Crippen LogP contribution in [0.5, 0.6) is 17.2 Å². The van der Waals surface area contributed by atoms with Crippen LogP contribution in [0.25, 0.3) is 6.08 Å². The molecule has 2 heterocycles. The number of phenolic OH excluding ortho intramolecular Hbond substituents is 3. The minimum absolute atomic E-state index is 0.0140. The van der Waals surface area contributed by atoms with Gasteiger partial charge in [-0.1, -0.05) is 0 Å². The fourth-order valence-electron chi connectivity index (χ4n) is 8.06. The maximum absolute atomic E-state index is 14.6. The molecule has 0 radical (unpaired) electrons. The molecule has 0 amide bonds. The van der Waals surface area contributed by atoms with Crippen LogP contribution in [0, 0.1) is 5.92 Å². The molecule has 2 aliphatic heterocycles. The van der Waals surface area contributed by atoms with E-state index in [9.17, 15) is 39.3 Å². The number of Topliss-reactive ketones (excluding diaryl/α,β-unsaturated/α-hetero) is 3. The Balaban J connectivity index is 1.48. The van der Waals surface area contributed by atoms with Crippen LogP contribution in [0.3, 0.4) is 0 Å². The number of allylic oxidation sites excluding steroid dienone is 2. The number of ether oxygens (including phenoxy) is 4. The van der Waals surface area contributed by atoms with Gasteiger partial charge in [-0.25, -0.2) is 0 Å². The van der Waals surface area contributed by atoms with Crippen LogP contribution in [-0.2, 0) is 40.6 Å². The summed E-state index contributed by atoms with van der Waals surface area (Å²) in [6.45, 7) is 6.02. The highest BCUT2D eigenvalue weighted by Gasteiger charge is 2.64. The molecule has 46 heavy (non-hydrogen) atoms. The molecule has 0 spiro atoms. The van der Waals surface area contributed by atoms with Crippen molar-refractivity contribution in [2.24, 2.45) is 5.92 Å². The average molecular weight is 631 g/mol. The van der Waals surface area contributed by atoms with Gasteiger partial charge in [-0.15, -0.1) is 0 Å². The number of aromatic hydroxyl groups is 3. The van der Waals surface area contributed by atoms with Crippen molar-refractivity contribution < 1.29 is 58.2 Å². The largest absolute Gasteiger partial charge is 0.507 e. The summed E-state index contributed by atoms with van der Waals surface area (Å²) >= 11 is 0. The third-order valence-electron chi connectivity index (χ3n) is 9.69. The molecule has 2 aromatic carbocycles. The SMILES string of the molecule is COC(=O)C[C@H]1Cc2cc3c(c(O)c2[C@H](C)O1)C(=O)[C@H]1C[C@]3(OC(C)=O)C2=C1C(=O)c1c(O)c3c(c(O)c1C2=O)C=C(C)O[C@H]3C.